The summed E-state index contributed by atoms with van der Waals surface area (Å²) in [4.78, 5) is 4.03. The number of rotatable bonds is 9. The van der Waals surface area contributed by atoms with Gasteiger partial charge in [-0.3, -0.25) is 0 Å². The van der Waals surface area contributed by atoms with Crippen LogP contribution in [-0.4, -0.2) is 29.8 Å². The fraction of sp³-hybridized carbons (Fsp3) is 0.438. The van der Waals surface area contributed by atoms with Crippen molar-refractivity contribution in [2.75, 3.05) is 20.3 Å². The molecule has 0 atom stereocenters. The van der Waals surface area contributed by atoms with Crippen molar-refractivity contribution >= 4 is 0 Å². The van der Waals surface area contributed by atoms with Crippen molar-refractivity contribution in [3.05, 3.63) is 42.5 Å². The Kier molecular flexibility index (Phi) is 6.09. The average molecular weight is 289 g/mol. The van der Waals surface area contributed by atoms with Crippen molar-refractivity contribution in [3.63, 3.8) is 0 Å². The molecule has 1 aromatic heterocycles. The van der Waals surface area contributed by atoms with E-state index >= 15 is 0 Å². The first-order valence-corrected chi connectivity index (χ1v) is 7.33. The molecule has 0 unspecified atom stereocenters. The zero-order valence-corrected chi connectivity index (χ0v) is 12.7. The van der Waals surface area contributed by atoms with Crippen LogP contribution in [0.25, 0.3) is 0 Å². The second-order valence-electron chi connectivity index (χ2n) is 4.71. The van der Waals surface area contributed by atoms with Gasteiger partial charge < -0.3 is 19.4 Å². The van der Waals surface area contributed by atoms with Crippen LogP contribution < -0.4 is 14.8 Å². The zero-order valence-electron chi connectivity index (χ0n) is 12.7. The lowest BCUT2D eigenvalue weighted by atomic mass is 10.2. The molecule has 21 heavy (non-hydrogen) atoms. The first-order chi connectivity index (χ1) is 10.3. The van der Waals surface area contributed by atoms with Crippen LogP contribution in [0.15, 0.2) is 36.9 Å². The van der Waals surface area contributed by atoms with E-state index in [1.54, 1.807) is 6.20 Å². The molecule has 2 rings (SSSR count). The van der Waals surface area contributed by atoms with Crippen LogP contribution in [0.1, 0.15) is 18.9 Å². The molecule has 0 radical (unpaired) electrons. The number of nitrogens with one attached hydrogen (secondary N) is 1. The van der Waals surface area contributed by atoms with Crippen molar-refractivity contribution in [1.29, 1.82) is 0 Å². The molecule has 0 amide bonds. The molecular weight excluding hydrogens is 266 g/mol. The van der Waals surface area contributed by atoms with E-state index in [-0.39, 0.29) is 0 Å². The lowest BCUT2D eigenvalue weighted by Crippen LogP contribution is -2.10. The molecule has 1 heterocycles. The minimum absolute atomic E-state index is 0.633. The summed E-state index contributed by atoms with van der Waals surface area (Å²) in [5, 5.41) is 3.16. The van der Waals surface area contributed by atoms with Crippen molar-refractivity contribution in [3.8, 4) is 11.5 Å². The maximum absolute atomic E-state index is 5.97. The molecule has 5 heteroatoms. The minimum Gasteiger partial charge on any atom is -0.490 e. The summed E-state index contributed by atoms with van der Waals surface area (Å²) >= 11 is 0. The fourth-order valence-corrected chi connectivity index (χ4v) is 2.16. The van der Waals surface area contributed by atoms with E-state index < -0.39 is 0 Å². The molecule has 0 aliphatic carbocycles. The van der Waals surface area contributed by atoms with Crippen LogP contribution in [0.5, 0.6) is 11.5 Å². The molecule has 114 valence electrons. The van der Waals surface area contributed by atoms with Crippen LogP contribution >= 0.6 is 0 Å². The predicted molar refractivity (Wildman–Crippen MR) is 82.7 cm³/mol. The summed E-state index contributed by atoms with van der Waals surface area (Å²) in [7, 11) is 1.93. The highest BCUT2D eigenvalue weighted by molar-refractivity contribution is 5.46. The van der Waals surface area contributed by atoms with Crippen molar-refractivity contribution < 1.29 is 9.47 Å². The van der Waals surface area contributed by atoms with Gasteiger partial charge in [0.05, 0.1) is 19.5 Å². The smallest absolute Gasteiger partial charge is 0.165 e. The van der Waals surface area contributed by atoms with Gasteiger partial charge in [-0.25, -0.2) is 4.98 Å². The Morgan fingerprint density at radius 1 is 1.29 bits per heavy atom. The van der Waals surface area contributed by atoms with E-state index in [2.05, 4.69) is 16.4 Å². The van der Waals surface area contributed by atoms with Gasteiger partial charge in [-0.15, -0.1) is 0 Å². The monoisotopic (exact) mass is 289 g/mol. The first kappa shape index (κ1) is 15.4. The Morgan fingerprint density at radius 3 is 2.90 bits per heavy atom. The van der Waals surface area contributed by atoms with Gasteiger partial charge >= 0.3 is 0 Å². The Labute approximate surface area is 125 Å². The third-order valence-corrected chi connectivity index (χ3v) is 3.09. The summed E-state index contributed by atoms with van der Waals surface area (Å²) < 4.78 is 13.7. The fourth-order valence-electron chi connectivity index (χ4n) is 2.16. The molecule has 5 nitrogen and oxygen atoms in total. The average Bonchev–Trinajstić information content (AvgIpc) is 2.99. The number of hydrogen-bond acceptors (Lipinski definition) is 4. The van der Waals surface area contributed by atoms with E-state index in [0.29, 0.717) is 13.2 Å². The van der Waals surface area contributed by atoms with Gasteiger partial charge in [0.2, 0.25) is 0 Å². The number of aromatic nitrogens is 2. The summed E-state index contributed by atoms with van der Waals surface area (Å²) in [5.74, 6) is 1.66. The Balaban J connectivity index is 1.95. The van der Waals surface area contributed by atoms with Gasteiger partial charge in [0.15, 0.2) is 11.5 Å². The summed E-state index contributed by atoms with van der Waals surface area (Å²) in [6.07, 6.45) is 6.49. The molecule has 0 spiro atoms. The first-order valence-electron chi connectivity index (χ1n) is 7.33. The maximum atomic E-state index is 5.97. The van der Waals surface area contributed by atoms with Gasteiger partial charge in [-0.1, -0.05) is 12.1 Å². The molecule has 2 aromatic rings. The second kappa shape index (κ2) is 8.32. The van der Waals surface area contributed by atoms with Crippen LogP contribution in [-0.2, 0) is 13.1 Å². The number of benzene rings is 1. The molecule has 0 aliphatic rings. The third kappa shape index (κ3) is 4.49. The summed E-state index contributed by atoms with van der Waals surface area (Å²) in [6.45, 7) is 4.93. The molecule has 0 saturated heterocycles. The van der Waals surface area contributed by atoms with Gasteiger partial charge in [0.25, 0.3) is 0 Å². The highest BCUT2D eigenvalue weighted by atomic mass is 16.5. The largest absolute Gasteiger partial charge is 0.490 e. The number of nitrogens with zero attached hydrogens (tertiary/aromatic N) is 2. The van der Waals surface area contributed by atoms with E-state index in [0.717, 1.165) is 36.6 Å². The van der Waals surface area contributed by atoms with Crippen LogP contribution in [0.4, 0.5) is 0 Å². The molecule has 1 N–H and O–H groups in total. The Hall–Kier alpha value is -2.01. The highest BCUT2D eigenvalue weighted by Crippen LogP contribution is 2.31. The number of imidazole rings is 1. The topological polar surface area (TPSA) is 48.3 Å². The lowest BCUT2D eigenvalue weighted by molar-refractivity contribution is 0.266. The number of hydrogen-bond donors (Lipinski definition) is 1. The van der Waals surface area contributed by atoms with Crippen LogP contribution in [0, 0.1) is 0 Å². The molecule has 1 aromatic carbocycles. The standard InChI is InChI=1S/C16H23N3O2/c1-3-20-15-7-4-6-14(12-17-2)16(15)21-11-5-9-19-10-8-18-13-19/h4,6-8,10,13,17H,3,5,9,11-12H2,1-2H3. The molecule has 0 bridgehead atoms. The van der Waals surface area contributed by atoms with E-state index in [9.17, 15) is 0 Å². The zero-order chi connectivity index (χ0) is 14.9. The van der Waals surface area contributed by atoms with Crippen molar-refractivity contribution in [1.82, 2.24) is 14.9 Å². The van der Waals surface area contributed by atoms with Gasteiger partial charge in [-0.05, 0) is 26.5 Å². The van der Waals surface area contributed by atoms with Crippen LogP contribution in [0.3, 0.4) is 0 Å². The second-order valence-corrected chi connectivity index (χ2v) is 4.71. The number of para-hydroxylation sites is 1. The van der Waals surface area contributed by atoms with Gasteiger partial charge in [-0.2, -0.15) is 0 Å². The molecule has 0 aliphatic heterocycles. The quantitative estimate of drug-likeness (QED) is 0.720. The lowest BCUT2D eigenvalue weighted by Gasteiger charge is -2.16. The number of aryl methyl sites for hydroxylation is 1. The highest BCUT2D eigenvalue weighted by Gasteiger charge is 2.10. The predicted octanol–water partition coefficient (Wildman–Crippen LogP) is 2.47. The van der Waals surface area contributed by atoms with Crippen molar-refractivity contribution in [2.45, 2.75) is 26.4 Å². The molecule has 0 fully saturated rings. The van der Waals surface area contributed by atoms with Gasteiger partial charge in [0.1, 0.15) is 0 Å². The minimum atomic E-state index is 0.633. The SMILES string of the molecule is CCOc1cccc(CNC)c1OCCCn1ccnc1. The Bertz CT molecular complexity index is 502. The molecule has 0 saturated carbocycles. The van der Waals surface area contributed by atoms with E-state index in [4.69, 9.17) is 9.47 Å². The van der Waals surface area contributed by atoms with Crippen LogP contribution in [0.2, 0.25) is 0 Å². The van der Waals surface area contributed by atoms with Crippen molar-refractivity contribution in [2.24, 2.45) is 0 Å². The summed E-state index contributed by atoms with van der Waals surface area (Å²) in [5.41, 5.74) is 1.12. The third-order valence-electron chi connectivity index (χ3n) is 3.09. The maximum Gasteiger partial charge on any atom is 0.165 e. The Morgan fingerprint density at radius 2 is 2.19 bits per heavy atom. The van der Waals surface area contributed by atoms with E-state index in [1.165, 1.54) is 0 Å². The normalized spacial score (nSPS) is 10.6. The summed E-state index contributed by atoms with van der Waals surface area (Å²) in [6, 6.07) is 6.01. The van der Waals surface area contributed by atoms with E-state index in [1.807, 2.05) is 43.2 Å². The molecular formula is C16H23N3O2. The number of ether oxygens (including phenoxy) is 2. The van der Waals surface area contributed by atoms with Gasteiger partial charge in [0, 0.05) is 31.0 Å².